The Kier molecular flexibility index (Phi) is 3.12. The standard InChI is InChI=1S/C12H14ClNO4/c1-12(2)17-9-3-6(8(14)5-11(15)16)7(13)4-10(9)18-12/h3-4,8H,5,14H2,1-2H3,(H,15,16). The van der Waals surface area contributed by atoms with Crippen molar-refractivity contribution >= 4 is 17.6 Å². The van der Waals surface area contributed by atoms with Crippen LogP contribution in [-0.2, 0) is 4.79 Å². The zero-order valence-corrected chi connectivity index (χ0v) is 10.8. The molecule has 1 atom stereocenters. The quantitative estimate of drug-likeness (QED) is 0.882. The molecule has 1 unspecified atom stereocenters. The largest absolute Gasteiger partial charge is 0.481 e. The Morgan fingerprint density at radius 3 is 2.56 bits per heavy atom. The second-order valence-electron chi connectivity index (χ2n) is 4.63. The van der Waals surface area contributed by atoms with E-state index in [4.69, 9.17) is 31.9 Å². The molecule has 1 heterocycles. The molecule has 5 nitrogen and oxygen atoms in total. The van der Waals surface area contributed by atoms with Crippen LogP contribution in [0, 0.1) is 0 Å². The van der Waals surface area contributed by atoms with Crippen molar-refractivity contribution in [2.75, 3.05) is 0 Å². The zero-order valence-electron chi connectivity index (χ0n) is 10.1. The monoisotopic (exact) mass is 271 g/mol. The van der Waals surface area contributed by atoms with E-state index in [2.05, 4.69) is 0 Å². The first-order valence-corrected chi connectivity index (χ1v) is 5.85. The first-order valence-electron chi connectivity index (χ1n) is 5.47. The van der Waals surface area contributed by atoms with Gasteiger partial charge in [0.2, 0.25) is 5.79 Å². The maximum absolute atomic E-state index is 10.7. The number of carboxylic acids is 1. The topological polar surface area (TPSA) is 81.8 Å². The summed E-state index contributed by atoms with van der Waals surface area (Å²) in [7, 11) is 0. The van der Waals surface area contributed by atoms with E-state index in [-0.39, 0.29) is 6.42 Å². The predicted octanol–water partition coefficient (Wildman–Crippen LogP) is 2.32. The summed E-state index contributed by atoms with van der Waals surface area (Å²) < 4.78 is 11.1. The summed E-state index contributed by atoms with van der Waals surface area (Å²) in [5.74, 6) is -0.658. The fourth-order valence-corrected chi connectivity index (χ4v) is 2.14. The number of carbonyl (C=O) groups is 1. The average Bonchev–Trinajstić information content (AvgIpc) is 2.48. The van der Waals surface area contributed by atoms with Gasteiger partial charge in [0.25, 0.3) is 0 Å². The molecule has 98 valence electrons. The number of aliphatic carboxylic acids is 1. The fourth-order valence-electron chi connectivity index (χ4n) is 1.84. The lowest BCUT2D eigenvalue weighted by Gasteiger charge is -2.16. The number of rotatable bonds is 3. The van der Waals surface area contributed by atoms with Gasteiger partial charge in [-0.25, -0.2) is 0 Å². The molecule has 0 aromatic heterocycles. The van der Waals surface area contributed by atoms with Crippen LogP contribution in [0.25, 0.3) is 0 Å². The third-order valence-corrected chi connectivity index (χ3v) is 2.90. The van der Waals surface area contributed by atoms with E-state index >= 15 is 0 Å². The van der Waals surface area contributed by atoms with E-state index < -0.39 is 17.8 Å². The van der Waals surface area contributed by atoms with Gasteiger partial charge in [-0.2, -0.15) is 0 Å². The normalized spacial score (nSPS) is 17.6. The Morgan fingerprint density at radius 1 is 1.44 bits per heavy atom. The first-order chi connectivity index (χ1) is 8.28. The number of fused-ring (bicyclic) bond motifs is 1. The van der Waals surface area contributed by atoms with Crippen LogP contribution < -0.4 is 15.2 Å². The first kappa shape index (κ1) is 13.0. The molecule has 0 spiro atoms. The summed E-state index contributed by atoms with van der Waals surface area (Å²) in [6.45, 7) is 3.55. The number of hydrogen-bond donors (Lipinski definition) is 2. The van der Waals surface area contributed by atoms with Gasteiger partial charge in [-0.05, 0) is 11.6 Å². The van der Waals surface area contributed by atoms with Gasteiger partial charge in [0.15, 0.2) is 11.5 Å². The van der Waals surface area contributed by atoms with Gasteiger partial charge < -0.3 is 20.3 Å². The van der Waals surface area contributed by atoms with Gasteiger partial charge in [0.1, 0.15) is 0 Å². The SMILES string of the molecule is CC1(C)Oc2cc(Cl)c(C(N)CC(=O)O)cc2O1. The number of halogens is 1. The van der Waals surface area contributed by atoms with E-state index in [1.165, 1.54) is 0 Å². The molecule has 0 saturated carbocycles. The lowest BCUT2D eigenvalue weighted by molar-refractivity contribution is -0.137. The van der Waals surface area contributed by atoms with Crippen LogP contribution in [0.2, 0.25) is 5.02 Å². The Morgan fingerprint density at radius 2 is 2.00 bits per heavy atom. The molecule has 3 N–H and O–H groups in total. The van der Waals surface area contributed by atoms with Crippen molar-refractivity contribution in [2.45, 2.75) is 32.1 Å². The number of carboxylic acid groups (broad SMARTS) is 1. The minimum absolute atomic E-state index is 0.192. The van der Waals surface area contributed by atoms with Gasteiger partial charge in [-0.1, -0.05) is 11.6 Å². The molecule has 1 aliphatic rings. The smallest absolute Gasteiger partial charge is 0.305 e. The van der Waals surface area contributed by atoms with Crippen LogP contribution >= 0.6 is 11.6 Å². The summed E-state index contributed by atoms with van der Waals surface area (Å²) in [4.78, 5) is 10.7. The van der Waals surface area contributed by atoms with E-state index in [0.29, 0.717) is 22.1 Å². The molecule has 0 bridgehead atoms. The van der Waals surface area contributed by atoms with Crippen LogP contribution in [0.4, 0.5) is 0 Å². The van der Waals surface area contributed by atoms with Gasteiger partial charge >= 0.3 is 5.97 Å². The Bertz CT molecular complexity index is 501. The molecule has 0 fully saturated rings. The van der Waals surface area contributed by atoms with Crippen molar-refractivity contribution in [3.63, 3.8) is 0 Å². The van der Waals surface area contributed by atoms with Crippen molar-refractivity contribution < 1.29 is 19.4 Å². The Hall–Kier alpha value is -1.46. The molecule has 18 heavy (non-hydrogen) atoms. The fraction of sp³-hybridized carbons (Fsp3) is 0.417. The Labute approximate surface area is 109 Å². The van der Waals surface area contributed by atoms with Crippen molar-refractivity contribution in [3.8, 4) is 11.5 Å². The number of benzene rings is 1. The van der Waals surface area contributed by atoms with E-state index in [0.717, 1.165) is 0 Å². The van der Waals surface area contributed by atoms with Crippen molar-refractivity contribution in [3.05, 3.63) is 22.7 Å². The maximum Gasteiger partial charge on any atom is 0.305 e. The highest BCUT2D eigenvalue weighted by atomic mass is 35.5. The summed E-state index contributed by atoms with van der Waals surface area (Å²) in [5, 5.41) is 9.11. The second kappa shape index (κ2) is 4.33. The number of hydrogen-bond acceptors (Lipinski definition) is 4. The van der Waals surface area contributed by atoms with E-state index in [1.807, 2.05) is 0 Å². The summed E-state index contributed by atoms with van der Waals surface area (Å²) in [5.41, 5.74) is 6.34. The molecule has 1 aromatic rings. The van der Waals surface area contributed by atoms with Crippen LogP contribution in [-0.4, -0.2) is 16.9 Å². The average molecular weight is 272 g/mol. The molecule has 2 rings (SSSR count). The molecule has 1 aromatic carbocycles. The molecule has 0 aliphatic carbocycles. The zero-order chi connectivity index (χ0) is 13.5. The third kappa shape index (κ3) is 2.52. The van der Waals surface area contributed by atoms with Gasteiger partial charge in [-0.3, -0.25) is 4.79 Å². The van der Waals surface area contributed by atoms with Crippen LogP contribution in [0.3, 0.4) is 0 Å². The van der Waals surface area contributed by atoms with E-state index in [1.54, 1.807) is 26.0 Å². The lowest BCUT2D eigenvalue weighted by atomic mass is 10.0. The molecule has 1 aliphatic heterocycles. The molecule has 6 heteroatoms. The highest BCUT2D eigenvalue weighted by molar-refractivity contribution is 6.31. The molecule has 0 saturated heterocycles. The second-order valence-corrected chi connectivity index (χ2v) is 5.04. The van der Waals surface area contributed by atoms with Gasteiger partial charge in [0, 0.05) is 31.0 Å². The van der Waals surface area contributed by atoms with Crippen LogP contribution in [0.5, 0.6) is 11.5 Å². The molecule has 0 amide bonds. The summed E-state index contributed by atoms with van der Waals surface area (Å²) >= 11 is 6.07. The number of nitrogens with two attached hydrogens (primary N) is 1. The van der Waals surface area contributed by atoms with E-state index in [9.17, 15) is 4.79 Å². The van der Waals surface area contributed by atoms with Crippen LogP contribution in [0.15, 0.2) is 12.1 Å². The summed E-state index contributed by atoms with van der Waals surface area (Å²) in [6.07, 6.45) is -0.192. The minimum atomic E-state index is -0.975. The van der Waals surface area contributed by atoms with Crippen LogP contribution in [0.1, 0.15) is 31.9 Å². The number of ether oxygens (including phenoxy) is 2. The van der Waals surface area contributed by atoms with Crippen molar-refractivity contribution in [1.29, 1.82) is 0 Å². The molecule has 0 radical (unpaired) electrons. The highest BCUT2D eigenvalue weighted by Crippen LogP contribution is 2.43. The Balaban J connectivity index is 2.33. The van der Waals surface area contributed by atoms with Crippen molar-refractivity contribution in [2.24, 2.45) is 5.73 Å². The maximum atomic E-state index is 10.7. The predicted molar refractivity (Wildman–Crippen MR) is 66.0 cm³/mol. The minimum Gasteiger partial charge on any atom is -0.481 e. The van der Waals surface area contributed by atoms with Gasteiger partial charge in [-0.15, -0.1) is 0 Å². The molecular weight excluding hydrogens is 258 g/mol. The highest BCUT2D eigenvalue weighted by Gasteiger charge is 2.33. The molecular formula is C12H14ClNO4. The third-order valence-electron chi connectivity index (χ3n) is 2.57. The van der Waals surface area contributed by atoms with Crippen molar-refractivity contribution in [1.82, 2.24) is 0 Å². The van der Waals surface area contributed by atoms with Gasteiger partial charge in [0.05, 0.1) is 6.42 Å². The summed E-state index contributed by atoms with van der Waals surface area (Å²) in [6, 6.07) is 2.57. The lowest BCUT2D eigenvalue weighted by Crippen LogP contribution is -2.29.